The van der Waals surface area contributed by atoms with Gasteiger partial charge in [0.25, 0.3) is 5.56 Å². The van der Waals surface area contributed by atoms with Crippen molar-refractivity contribution in [1.82, 2.24) is 9.56 Å². The van der Waals surface area contributed by atoms with E-state index in [2.05, 4.69) is 10.3 Å². The van der Waals surface area contributed by atoms with Gasteiger partial charge in [0, 0.05) is 18.6 Å². The fraction of sp³-hybridized carbons (Fsp3) is 0.409. The second kappa shape index (κ2) is 8.51. The second-order valence-corrected chi connectivity index (χ2v) is 7.61. The first-order valence-corrected chi connectivity index (χ1v) is 10.1. The van der Waals surface area contributed by atoms with Crippen LogP contribution in [0.1, 0.15) is 50.0 Å². The number of rotatable bonds is 7. The number of nitrogens with one attached hydrogen (secondary N) is 1. The second-order valence-electron chi connectivity index (χ2n) is 7.61. The van der Waals surface area contributed by atoms with Gasteiger partial charge < -0.3 is 14.6 Å². The fourth-order valence-electron chi connectivity index (χ4n) is 3.84. The highest BCUT2D eigenvalue weighted by Crippen LogP contribution is 2.29. The Morgan fingerprint density at radius 1 is 1.28 bits per heavy atom. The van der Waals surface area contributed by atoms with Crippen LogP contribution in [0.4, 0.5) is 5.69 Å². The number of para-hydroxylation sites is 2. The average Bonchev–Trinajstić information content (AvgIpc) is 3.35. The lowest BCUT2D eigenvalue weighted by Crippen LogP contribution is -2.15. The van der Waals surface area contributed by atoms with E-state index in [0.29, 0.717) is 40.9 Å². The van der Waals surface area contributed by atoms with Crippen LogP contribution in [0.2, 0.25) is 0 Å². The quantitative estimate of drug-likeness (QED) is 0.651. The summed E-state index contributed by atoms with van der Waals surface area (Å²) in [4.78, 5) is 28.9. The van der Waals surface area contributed by atoms with Crippen LogP contribution in [-0.2, 0) is 11.4 Å². The van der Waals surface area contributed by atoms with E-state index in [0.717, 1.165) is 11.0 Å². The first kappa shape index (κ1) is 19.2. The van der Waals surface area contributed by atoms with Crippen molar-refractivity contribution in [2.24, 2.45) is 5.92 Å². The van der Waals surface area contributed by atoms with Gasteiger partial charge in [-0.1, -0.05) is 37.8 Å². The number of aryl methyl sites for hydroxylation is 1. The van der Waals surface area contributed by atoms with E-state index in [4.69, 9.17) is 9.26 Å². The Morgan fingerprint density at radius 2 is 2.07 bits per heavy atom. The summed E-state index contributed by atoms with van der Waals surface area (Å²) in [7, 11) is 0. The van der Waals surface area contributed by atoms with Crippen molar-refractivity contribution in [3.05, 3.63) is 58.2 Å². The van der Waals surface area contributed by atoms with Crippen molar-refractivity contribution in [1.29, 1.82) is 0 Å². The van der Waals surface area contributed by atoms with Crippen molar-refractivity contribution in [2.45, 2.75) is 52.1 Å². The van der Waals surface area contributed by atoms with E-state index in [1.54, 1.807) is 19.1 Å². The third-order valence-electron chi connectivity index (χ3n) is 5.32. The number of hydrogen-bond donors (Lipinski definition) is 1. The van der Waals surface area contributed by atoms with Gasteiger partial charge in [-0.25, -0.2) is 4.98 Å². The largest absolute Gasteiger partial charge is 0.485 e. The number of benzene rings is 1. The molecule has 0 unspecified atom stereocenters. The summed E-state index contributed by atoms with van der Waals surface area (Å²) in [6, 6.07) is 10.4. The van der Waals surface area contributed by atoms with E-state index in [1.807, 2.05) is 18.2 Å². The van der Waals surface area contributed by atoms with Crippen molar-refractivity contribution in [3.8, 4) is 5.75 Å². The van der Waals surface area contributed by atoms with Gasteiger partial charge in [-0.2, -0.15) is 0 Å². The van der Waals surface area contributed by atoms with Gasteiger partial charge in [-0.3, -0.25) is 9.59 Å². The summed E-state index contributed by atoms with van der Waals surface area (Å²) in [5, 5.41) is 2.95. The predicted molar refractivity (Wildman–Crippen MR) is 109 cm³/mol. The lowest BCUT2D eigenvalue weighted by Gasteiger charge is -2.13. The Bertz CT molecular complexity index is 1060. The average molecular weight is 395 g/mol. The van der Waals surface area contributed by atoms with Crippen molar-refractivity contribution >= 4 is 17.2 Å². The molecule has 152 valence electrons. The SMILES string of the molecule is Cc1cc2nc(COc3ccccc3NC(=O)CCC3CCCC3)cc(=O)n2o1. The zero-order valence-corrected chi connectivity index (χ0v) is 16.5. The molecule has 1 aromatic carbocycles. The molecular formula is C22H25N3O4. The Kier molecular flexibility index (Phi) is 5.64. The summed E-state index contributed by atoms with van der Waals surface area (Å²) in [5.41, 5.74) is 1.27. The first-order valence-electron chi connectivity index (χ1n) is 10.1. The molecular weight excluding hydrogens is 370 g/mol. The van der Waals surface area contributed by atoms with Crippen LogP contribution in [-0.4, -0.2) is 15.5 Å². The van der Waals surface area contributed by atoms with Crippen LogP contribution in [0.25, 0.3) is 5.65 Å². The molecule has 0 spiro atoms. The number of amides is 1. The third-order valence-corrected chi connectivity index (χ3v) is 5.32. The van der Waals surface area contributed by atoms with Crippen LogP contribution in [0, 0.1) is 12.8 Å². The molecule has 0 bridgehead atoms. The van der Waals surface area contributed by atoms with E-state index in [-0.39, 0.29) is 18.1 Å². The Balaban J connectivity index is 1.40. The number of fused-ring (bicyclic) bond motifs is 1. The van der Waals surface area contributed by atoms with E-state index >= 15 is 0 Å². The summed E-state index contributed by atoms with van der Waals surface area (Å²) in [6.45, 7) is 1.88. The molecule has 1 saturated carbocycles. The van der Waals surface area contributed by atoms with Gasteiger partial charge in [-0.05, 0) is 31.4 Å². The van der Waals surface area contributed by atoms with Gasteiger partial charge in [0.1, 0.15) is 18.1 Å². The molecule has 29 heavy (non-hydrogen) atoms. The molecule has 1 fully saturated rings. The van der Waals surface area contributed by atoms with Crippen LogP contribution in [0.15, 0.2) is 45.7 Å². The van der Waals surface area contributed by atoms with Crippen LogP contribution >= 0.6 is 0 Å². The normalized spacial score (nSPS) is 14.4. The lowest BCUT2D eigenvalue weighted by molar-refractivity contribution is -0.116. The molecule has 3 aromatic rings. The highest BCUT2D eigenvalue weighted by Gasteiger charge is 2.17. The summed E-state index contributed by atoms with van der Waals surface area (Å²) >= 11 is 0. The monoisotopic (exact) mass is 395 g/mol. The zero-order chi connectivity index (χ0) is 20.2. The number of ether oxygens (including phenoxy) is 1. The van der Waals surface area contributed by atoms with Gasteiger partial charge in [0.05, 0.1) is 11.4 Å². The Labute approximate surface area is 168 Å². The smallest absolute Gasteiger partial charge is 0.287 e. The van der Waals surface area contributed by atoms with E-state index < -0.39 is 0 Å². The maximum absolute atomic E-state index is 12.4. The minimum absolute atomic E-state index is 0.000360. The molecule has 1 N–H and O–H groups in total. The number of carbonyl (C=O) groups excluding carboxylic acids is 1. The molecule has 0 saturated heterocycles. The molecule has 2 heterocycles. The zero-order valence-electron chi connectivity index (χ0n) is 16.5. The van der Waals surface area contributed by atoms with Crippen molar-refractivity contribution in [2.75, 3.05) is 5.32 Å². The predicted octanol–water partition coefficient (Wildman–Crippen LogP) is 4.08. The van der Waals surface area contributed by atoms with Crippen LogP contribution < -0.4 is 15.6 Å². The third kappa shape index (κ3) is 4.67. The molecule has 0 radical (unpaired) electrons. The minimum Gasteiger partial charge on any atom is -0.485 e. The molecule has 7 heteroatoms. The van der Waals surface area contributed by atoms with Gasteiger partial charge in [0.15, 0.2) is 5.65 Å². The highest BCUT2D eigenvalue weighted by atomic mass is 16.5. The summed E-state index contributed by atoms with van der Waals surface area (Å²) in [5.74, 6) is 1.84. The molecule has 1 aliphatic carbocycles. The number of hydrogen-bond acceptors (Lipinski definition) is 5. The number of carbonyl (C=O) groups is 1. The molecule has 0 atom stereocenters. The maximum Gasteiger partial charge on any atom is 0.287 e. The molecule has 7 nitrogen and oxygen atoms in total. The fourth-order valence-corrected chi connectivity index (χ4v) is 3.84. The van der Waals surface area contributed by atoms with Gasteiger partial charge in [0.2, 0.25) is 5.91 Å². The van der Waals surface area contributed by atoms with Crippen molar-refractivity contribution < 1.29 is 14.1 Å². The number of nitrogens with zero attached hydrogens (tertiary/aromatic N) is 2. The topological polar surface area (TPSA) is 85.8 Å². The van der Waals surface area contributed by atoms with Crippen LogP contribution in [0.3, 0.4) is 0 Å². The van der Waals surface area contributed by atoms with Crippen molar-refractivity contribution in [3.63, 3.8) is 0 Å². The van der Waals surface area contributed by atoms with Gasteiger partial charge >= 0.3 is 0 Å². The minimum atomic E-state index is -0.296. The maximum atomic E-state index is 12.4. The Hall–Kier alpha value is -3.09. The highest BCUT2D eigenvalue weighted by molar-refractivity contribution is 5.92. The first-order chi connectivity index (χ1) is 14.1. The standard InChI is InChI=1S/C22H25N3O4/c1-15-12-20-23-17(13-22(27)25(20)29-15)14-28-19-9-5-4-8-18(19)24-21(26)11-10-16-6-2-3-7-16/h4-5,8-9,12-13,16H,2-3,6-7,10-11,14H2,1H3,(H,24,26). The van der Waals surface area contributed by atoms with E-state index in [9.17, 15) is 9.59 Å². The molecule has 4 rings (SSSR count). The number of aromatic nitrogens is 2. The van der Waals surface area contributed by atoms with Gasteiger partial charge in [-0.15, -0.1) is 4.57 Å². The molecule has 1 amide bonds. The molecule has 1 aliphatic rings. The van der Waals surface area contributed by atoms with E-state index in [1.165, 1.54) is 31.7 Å². The molecule has 2 aromatic heterocycles. The van der Waals surface area contributed by atoms with Crippen LogP contribution in [0.5, 0.6) is 5.75 Å². The molecule has 0 aliphatic heterocycles. The summed E-state index contributed by atoms with van der Waals surface area (Å²) in [6.07, 6.45) is 6.50. The lowest BCUT2D eigenvalue weighted by atomic mass is 10.0. The number of anilines is 1. The summed E-state index contributed by atoms with van der Waals surface area (Å²) < 4.78 is 12.3. The Morgan fingerprint density at radius 3 is 2.90 bits per heavy atom.